The zero-order valence-electron chi connectivity index (χ0n) is 31.7. The number of nitrogens with zero attached hydrogens (tertiary/aromatic N) is 5. The molecule has 8 aromatic carbocycles. The highest BCUT2D eigenvalue weighted by Gasteiger charge is 2.46. The summed E-state index contributed by atoms with van der Waals surface area (Å²) in [6.07, 6.45) is 0. The van der Waals surface area contributed by atoms with E-state index in [2.05, 4.69) is 156 Å². The van der Waals surface area contributed by atoms with Gasteiger partial charge in [0.1, 0.15) is 5.52 Å². The first-order chi connectivity index (χ1) is 29.3. The second-order valence-corrected chi connectivity index (χ2v) is 15.0. The van der Waals surface area contributed by atoms with Gasteiger partial charge in [-0.05, 0) is 75.8 Å². The minimum absolute atomic E-state index is 0.495. The Bertz CT molecular complexity index is 3300. The normalized spacial score (nSPS) is 12.9. The molecule has 0 atom stereocenters. The lowest BCUT2D eigenvalue weighted by molar-refractivity contribution is 0.620. The Morgan fingerprint density at radius 2 is 0.983 bits per heavy atom. The second-order valence-electron chi connectivity index (χ2n) is 15.0. The topological polar surface area (TPSA) is 69.6 Å². The van der Waals surface area contributed by atoms with Crippen LogP contribution in [-0.2, 0) is 5.41 Å². The highest BCUT2D eigenvalue weighted by molar-refractivity contribution is 6.09. The van der Waals surface area contributed by atoms with E-state index in [4.69, 9.17) is 24.4 Å². The summed E-state index contributed by atoms with van der Waals surface area (Å²) >= 11 is 0. The molecule has 0 spiro atoms. The van der Waals surface area contributed by atoms with Gasteiger partial charge >= 0.3 is 0 Å². The van der Waals surface area contributed by atoms with E-state index < -0.39 is 5.41 Å². The van der Waals surface area contributed by atoms with Crippen molar-refractivity contribution in [1.29, 1.82) is 0 Å². The van der Waals surface area contributed by atoms with E-state index in [-0.39, 0.29) is 0 Å². The van der Waals surface area contributed by atoms with Crippen molar-refractivity contribution in [3.05, 3.63) is 222 Å². The number of oxazole rings is 1. The van der Waals surface area contributed by atoms with Crippen molar-refractivity contribution in [3.63, 3.8) is 0 Å². The van der Waals surface area contributed by atoms with E-state index >= 15 is 0 Å². The van der Waals surface area contributed by atoms with Gasteiger partial charge < -0.3 is 4.42 Å². The fourth-order valence-electron chi connectivity index (χ4n) is 9.27. The summed E-state index contributed by atoms with van der Waals surface area (Å²) in [7, 11) is 0. The van der Waals surface area contributed by atoms with Crippen molar-refractivity contribution < 1.29 is 4.42 Å². The van der Waals surface area contributed by atoms with E-state index in [1.807, 2.05) is 48.5 Å². The minimum Gasteiger partial charge on any atom is -0.435 e. The van der Waals surface area contributed by atoms with Crippen LogP contribution in [0.3, 0.4) is 0 Å². The monoisotopic (exact) mass is 755 g/mol. The van der Waals surface area contributed by atoms with Crippen molar-refractivity contribution >= 4 is 32.9 Å². The molecule has 0 bridgehead atoms. The maximum absolute atomic E-state index is 6.56. The second kappa shape index (κ2) is 13.0. The van der Waals surface area contributed by atoms with Crippen molar-refractivity contribution in [2.75, 3.05) is 0 Å². The first-order valence-corrected chi connectivity index (χ1v) is 19.8. The van der Waals surface area contributed by atoms with E-state index in [0.717, 1.165) is 44.0 Å². The molecule has 6 heteroatoms. The zero-order valence-corrected chi connectivity index (χ0v) is 31.7. The van der Waals surface area contributed by atoms with Crippen molar-refractivity contribution in [1.82, 2.24) is 24.5 Å². The quantitative estimate of drug-likeness (QED) is 0.169. The predicted molar refractivity (Wildman–Crippen MR) is 235 cm³/mol. The van der Waals surface area contributed by atoms with Gasteiger partial charge in [0.2, 0.25) is 11.8 Å². The molecule has 276 valence electrons. The largest absolute Gasteiger partial charge is 0.435 e. The summed E-state index contributed by atoms with van der Waals surface area (Å²) in [4.78, 5) is 20.9. The third kappa shape index (κ3) is 5.00. The molecule has 3 heterocycles. The lowest BCUT2D eigenvalue weighted by Gasteiger charge is -2.34. The average molecular weight is 756 g/mol. The number of fused-ring (bicyclic) bond motifs is 7. The third-order valence-corrected chi connectivity index (χ3v) is 11.8. The van der Waals surface area contributed by atoms with E-state index in [0.29, 0.717) is 29.1 Å². The summed E-state index contributed by atoms with van der Waals surface area (Å²) in [5.41, 5.74) is 12.5. The zero-order chi connectivity index (χ0) is 38.9. The Balaban J connectivity index is 1.14. The number of rotatable bonds is 6. The van der Waals surface area contributed by atoms with Crippen LogP contribution in [0.5, 0.6) is 0 Å². The molecule has 59 heavy (non-hydrogen) atoms. The summed E-state index contributed by atoms with van der Waals surface area (Å²) < 4.78 is 8.71. The Morgan fingerprint density at radius 1 is 0.407 bits per heavy atom. The maximum atomic E-state index is 6.56. The SMILES string of the molecule is c1ccc(-c2nc3cccc(-c4nc(-c5ccc6c(c5)C(c5ccccc5)(c5ccccc5)c5ccccc5-6)nc(-n5c6ccccc6c6ccccc65)n4)c3o2)cc1. The van der Waals surface area contributed by atoms with Crippen molar-refractivity contribution in [3.8, 4) is 51.3 Å². The summed E-state index contributed by atoms with van der Waals surface area (Å²) in [6, 6.07) is 69.9. The smallest absolute Gasteiger partial charge is 0.238 e. The number of benzene rings is 8. The summed E-state index contributed by atoms with van der Waals surface area (Å²) in [5, 5.41) is 2.25. The van der Waals surface area contributed by atoms with Crippen LogP contribution >= 0.6 is 0 Å². The van der Waals surface area contributed by atoms with E-state index in [9.17, 15) is 0 Å². The Hall–Kier alpha value is -7.96. The van der Waals surface area contributed by atoms with Gasteiger partial charge in [-0.25, -0.2) is 9.97 Å². The molecule has 0 N–H and O–H groups in total. The molecule has 0 unspecified atom stereocenters. The van der Waals surface area contributed by atoms with Gasteiger partial charge in [0.25, 0.3) is 0 Å². The Labute approximate surface area is 339 Å². The molecule has 0 aliphatic heterocycles. The van der Waals surface area contributed by atoms with Crippen LogP contribution in [0, 0.1) is 0 Å². The molecule has 0 radical (unpaired) electrons. The van der Waals surface area contributed by atoms with Gasteiger partial charge in [0.05, 0.1) is 22.0 Å². The number of para-hydroxylation sites is 3. The molecule has 0 saturated carbocycles. The Morgan fingerprint density at radius 3 is 1.69 bits per heavy atom. The maximum Gasteiger partial charge on any atom is 0.238 e. The molecular weight excluding hydrogens is 723 g/mol. The Kier molecular flexibility index (Phi) is 7.34. The molecule has 0 amide bonds. The van der Waals surface area contributed by atoms with Crippen LogP contribution in [0.2, 0.25) is 0 Å². The van der Waals surface area contributed by atoms with Crippen molar-refractivity contribution in [2.45, 2.75) is 5.41 Å². The van der Waals surface area contributed by atoms with Gasteiger partial charge in [-0.1, -0.05) is 158 Å². The van der Waals surface area contributed by atoms with Crippen LogP contribution in [-0.4, -0.2) is 24.5 Å². The molecule has 11 aromatic rings. The van der Waals surface area contributed by atoms with Crippen LogP contribution in [0.25, 0.3) is 84.2 Å². The molecule has 3 aromatic heterocycles. The predicted octanol–water partition coefficient (Wildman–Crippen LogP) is 12.5. The molecule has 0 saturated heterocycles. The van der Waals surface area contributed by atoms with Gasteiger partial charge in [-0.15, -0.1) is 0 Å². The lowest BCUT2D eigenvalue weighted by atomic mass is 9.67. The van der Waals surface area contributed by atoms with E-state index in [1.54, 1.807) is 0 Å². The number of hydrogen-bond donors (Lipinski definition) is 0. The average Bonchev–Trinajstić information content (AvgIpc) is 3.99. The molecule has 12 rings (SSSR count). The van der Waals surface area contributed by atoms with Crippen molar-refractivity contribution in [2.24, 2.45) is 0 Å². The standard InChI is InChI=1S/C53H33N5O/c1-4-17-34(18-5-1)51-54-45-28-16-26-42(48(45)59-51)50-55-49(56-52(57-50)58-46-29-14-11-24-40(46)41-25-12-15-30-47(41)58)35-31-32-39-38-23-10-13-27-43(38)53(44(39)33-35,36-19-6-2-7-20-36)37-21-8-3-9-22-37/h1-33H. The van der Waals surface area contributed by atoms with Crippen LogP contribution in [0.4, 0.5) is 0 Å². The fraction of sp³-hybridized carbons (Fsp3) is 0.0189. The van der Waals surface area contributed by atoms with Gasteiger partial charge in [-0.3, -0.25) is 4.57 Å². The molecular formula is C53H33N5O. The summed E-state index contributed by atoms with van der Waals surface area (Å²) in [5.74, 6) is 2.11. The van der Waals surface area contributed by atoms with Gasteiger partial charge in [0.15, 0.2) is 17.2 Å². The van der Waals surface area contributed by atoms with Gasteiger partial charge in [-0.2, -0.15) is 9.97 Å². The van der Waals surface area contributed by atoms with Gasteiger partial charge in [0, 0.05) is 21.9 Å². The van der Waals surface area contributed by atoms with Crippen LogP contribution < -0.4 is 0 Å². The van der Waals surface area contributed by atoms with E-state index in [1.165, 1.54) is 33.4 Å². The molecule has 0 fully saturated rings. The molecule has 1 aliphatic carbocycles. The number of aromatic nitrogens is 5. The third-order valence-electron chi connectivity index (χ3n) is 11.8. The first kappa shape index (κ1) is 33.2. The fourth-order valence-corrected chi connectivity index (χ4v) is 9.27. The van der Waals surface area contributed by atoms with Crippen LogP contribution in [0.1, 0.15) is 22.3 Å². The highest BCUT2D eigenvalue weighted by Crippen LogP contribution is 2.56. The number of hydrogen-bond acceptors (Lipinski definition) is 5. The highest BCUT2D eigenvalue weighted by atomic mass is 16.3. The first-order valence-electron chi connectivity index (χ1n) is 19.8. The lowest BCUT2D eigenvalue weighted by Crippen LogP contribution is -2.28. The molecule has 1 aliphatic rings. The minimum atomic E-state index is -0.574. The van der Waals surface area contributed by atoms with Crippen LogP contribution in [0.15, 0.2) is 205 Å². The summed E-state index contributed by atoms with van der Waals surface area (Å²) in [6.45, 7) is 0. The molecule has 6 nitrogen and oxygen atoms in total.